The van der Waals surface area contributed by atoms with Crippen LogP contribution >= 0.6 is 0 Å². The molecule has 4 nitrogen and oxygen atoms in total. The van der Waals surface area contributed by atoms with Crippen molar-refractivity contribution >= 4 is 0 Å². The second-order valence-electron chi connectivity index (χ2n) is 3.76. The van der Waals surface area contributed by atoms with E-state index in [1.807, 2.05) is 6.92 Å². The van der Waals surface area contributed by atoms with E-state index in [0.717, 1.165) is 0 Å². The number of rotatable bonds is 3. The van der Waals surface area contributed by atoms with Gasteiger partial charge in [0.1, 0.15) is 12.2 Å². The van der Waals surface area contributed by atoms with Gasteiger partial charge in [-0.1, -0.05) is 13.0 Å². The van der Waals surface area contributed by atoms with Gasteiger partial charge in [-0.25, -0.2) is 0 Å². The van der Waals surface area contributed by atoms with Crippen molar-refractivity contribution in [1.29, 1.82) is 0 Å². The van der Waals surface area contributed by atoms with E-state index in [1.54, 1.807) is 6.08 Å². The van der Waals surface area contributed by atoms with Gasteiger partial charge in [0.2, 0.25) is 0 Å². The Balaban J connectivity index is 2.67. The molecule has 1 aliphatic heterocycles. The van der Waals surface area contributed by atoms with Crippen molar-refractivity contribution in [3.05, 3.63) is 12.7 Å². The topological polar surface area (TPSA) is 69.9 Å². The van der Waals surface area contributed by atoms with E-state index < -0.39 is 18.3 Å². The number of hydrogen-bond acceptors (Lipinski definition) is 4. The summed E-state index contributed by atoms with van der Waals surface area (Å²) in [6.45, 7) is 5.13. The van der Waals surface area contributed by atoms with Gasteiger partial charge in [0.05, 0.1) is 18.8 Å². The van der Waals surface area contributed by atoms with E-state index in [9.17, 15) is 10.2 Å². The van der Waals surface area contributed by atoms with Crippen molar-refractivity contribution < 1.29 is 20.1 Å². The Bertz CT molecular complexity index is 193. The summed E-state index contributed by atoms with van der Waals surface area (Å²) in [4.78, 5) is 0. The van der Waals surface area contributed by atoms with E-state index in [4.69, 9.17) is 9.84 Å². The van der Waals surface area contributed by atoms with E-state index in [-0.39, 0.29) is 18.6 Å². The molecule has 3 N–H and O–H groups in total. The van der Waals surface area contributed by atoms with Gasteiger partial charge in [-0.05, 0) is 6.42 Å². The summed E-state index contributed by atoms with van der Waals surface area (Å²) >= 11 is 0. The van der Waals surface area contributed by atoms with Crippen molar-refractivity contribution in [3.63, 3.8) is 0 Å². The number of aliphatic hydroxyl groups excluding tert-OH is 3. The Morgan fingerprint density at radius 3 is 2.43 bits per heavy atom. The second-order valence-corrected chi connectivity index (χ2v) is 3.76. The Hall–Kier alpha value is -0.420. The first kappa shape index (κ1) is 11.7. The molecule has 2 unspecified atom stereocenters. The highest BCUT2D eigenvalue weighted by molar-refractivity contribution is 4.92. The Morgan fingerprint density at radius 2 is 1.93 bits per heavy atom. The van der Waals surface area contributed by atoms with Crippen LogP contribution in [0.2, 0.25) is 0 Å². The summed E-state index contributed by atoms with van der Waals surface area (Å²) in [7, 11) is 0. The first-order valence-corrected chi connectivity index (χ1v) is 4.85. The molecule has 0 aromatic rings. The molecule has 14 heavy (non-hydrogen) atoms. The molecule has 0 saturated carbocycles. The summed E-state index contributed by atoms with van der Waals surface area (Å²) in [6, 6.07) is 0. The zero-order valence-electron chi connectivity index (χ0n) is 8.34. The van der Waals surface area contributed by atoms with Crippen LogP contribution in [0.4, 0.5) is 0 Å². The van der Waals surface area contributed by atoms with Crippen LogP contribution < -0.4 is 0 Å². The van der Waals surface area contributed by atoms with Crippen molar-refractivity contribution in [2.24, 2.45) is 5.92 Å². The molecule has 0 amide bonds. The van der Waals surface area contributed by atoms with Crippen LogP contribution in [0.15, 0.2) is 12.7 Å². The molecular formula is C10H18O4. The molecule has 82 valence electrons. The highest BCUT2D eigenvalue weighted by atomic mass is 16.5. The molecule has 1 heterocycles. The number of aliphatic hydroxyl groups is 3. The molecule has 0 aromatic heterocycles. The normalized spacial score (nSPS) is 43.6. The average Bonchev–Trinajstić information content (AvgIpc) is 2.19. The maximum atomic E-state index is 9.67. The lowest BCUT2D eigenvalue weighted by Gasteiger charge is -2.40. The summed E-state index contributed by atoms with van der Waals surface area (Å²) < 4.78 is 5.44. The van der Waals surface area contributed by atoms with Crippen LogP contribution in [0, 0.1) is 5.92 Å². The zero-order chi connectivity index (χ0) is 10.7. The van der Waals surface area contributed by atoms with Gasteiger partial charge in [0.15, 0.2) is 0 Å². The van der Waals surface area contributed by atoms with Crippen LogP contribution in [-0.2, 0) is 4.74 Å². The zero-order valence-corrected chi connectivity index (χ0v) is 8.34. The van der Waals surface area contributed by atoms with Gasteiger partial charge in [-0.2, -0.15) is 0 Å². The molecule has 4 heteroatoms. The minimum Gasteiger partial charge on any atom is -0.394 e. The van der Waals surface area contributed by atoms with Crippen molar-refractivity contribution in [2.75, 3.05) is 6.61 Å². The molecule has 0 aliphatic carbocycles. The van der Waals surface area contributed by atoms with Crippen LogP contribution in [0.25, 0.3) is 0 Å². The fourth-order valence-electron chi connectivity index (χ4n) is 1.77. The lowest BCUT2D eigenvalue weighted by Crippen LogP contribution is -2.54. The summed E-state index contributed by atoms with van der Waals surface area (Å²) in [6.07, 6.45) is -0.391. The largest absolute Gasteiger partial charge is 0.394 e. The fourth-order valence-corrected chi connectivity index (χ4v) is 1.77. The van der Waals surface area contributed by atoms with Gasteiger partial charge in [0.25, 0.3) is 0 Å². The summed E-state index contributed by atoms with van der Waals surface area (Å²) in [5.74, 6) is -0.147. The maximum Gasteiger partial charge on any atom is 0.109 e. The van der Waals surface area contributed by atoms with Gasteiger partial charge < -0.3 is 20.1 Å². The maximum absolute atomic E-state index is 9.67. The predicted octanol–water partition coefficient (Wildman–Crippen LogP) is -0.320. The van der Waals surface area contributed by atoms with E-state index in [0.29, 0.717) is 6.42 Å². The van der Waals surface area contributed by atoms with Crippen LogP contribution in [0.1, 0.15) is 13.3 Å². The van der Waals surface area contributed by atoms with Crippen LogP contribution in [-0.4, -0.2) is 46.3 Å². The Morgan fingerprint density at radius 1 is 1.29 bits per heavy atom. The highest BCUT2D eigenvalue weighted by Crippen LogP contribution is 2.27. The second kappa shape index (κ2) is 4.89. The monoisotopic (exact) mass is 202 g/mol. The fraction of sp³-hybridized carbons (Fsp3) is 0.800. The lowest BCUT2D eigenvalue weighted by atomic mass is 9.87. The van der Waals surface area contributed by atoms with E-state index in [2.05, 4.69) is 6.58 Å². The molecule has 0 aromatic carbocycles. The SMILES string of the molecule is C=CC[C@H]1OC(CO)[C@@H](O)[C@H](O)C1C. The smallest absolute Gasteiger partial charge is 0.109 e. The third-order valence-electron chi connectivity index (χ3n) is 2.78. The van der Waals surface area contributed by atoms with Crippen LogP contribution in [0.3, 0.4) is 0 Å². The minimum atomic E-state index is -1.00. The molecular weight excluding hydrogens is 184 g/mol. The Kier molecular flexibility index (Phi) is 4.07. The van der Waals surface area contributed by atoms with Gasteiger partial charge >= 0.3 is 0 Å². The lowest BCUT2D eigenvalue weighted by molar-refractivity contribution is -0.204. The predicted molar refractivity (Wildman–Crippen MR) is 51.7 cm³/mol. The van der Waals surface area contributed by atoms with Crippen molar-refractivity contribution in [3.8, 4) is 0 Å². The average molecular weight is 202 g/mol. The Labute approximate surface area is 83.8 Å². The van der Waals surface area contributed by atoms with Crippen molar-refractivity contribution in [2.45, 2.75) is 37.8 Å². The first-order chi connectivity index (χ1) is 6.61. The number of ether oxygens (including phenoxy) is 1. The molecule has 0 bridgehead atoms. The number of hydrogen-bond donors (Lipinski definition) is 3. The molecule has 1 saturated heterocycles. The molecule has 5 atom stereocenters. The summed E-state index contributed by atoms with van der Waals surface area (Å²) in [5, 5.41) is 28.1. The van der Waals surface area contributed by atoms with Crippen LogP contribution in [0.5, 0.6) is 0 Å². The van der Waals surface area contributed by atoms with E-state index in [1.165, 1.54) is 0 Å². The highest BCUT2D eigenvalue weighted by Gasteiger charge is 2.40. The molecule has 1 rings (SSSR count). The molecule has 1 aliphatic rings. The minimum absolute atomic E-state index is 0.147. The standard InChI is InChI=1S/C10H18O4/c1-3-4-7-6(2)9(12)10(13)8(5-11)14-7/h3,6-13H,1,4-5H2,2H3/t6?,7-,8?,9-,10-/m1/s1. The quantitative estimate of drug-likeness (QED) is 0.549. The molecule has 1 fully saturated rings. The van der Waals surface area contributed by atoms with E-state index >= 15 is 0 Å². The van der Waals surface area contributed by atoms with Gasteiger partial charge in [-0.3, -0.25) is 0 Å². The van der Waals surface area contributed by atoms with Gasteiger partial charge in [0, 0.05) is 5.92 Å². The summed E-state index contributed by atoms with van der Waals surface area (Å²) in [5.41, 5.74) is 0. The first-order valence-electron chi connectivity index (χ1n) is 4.85. The van der Waals surface area contributed by atoms with Crippen molar-refractivity contribution in [1.82, 2.24) is 0 Å². The third-order valence-corrected chi connectivity index (χ3v) is 2.78. The van der Waals surface area contributed by atoms with Gasteiger partial charge in [-0.15, -0.1) is 6.58 Å². The molecule has 0 radical (unpaired) electrons. The third kappa shape index (κ3) is 2.15. The molecule has 0 spiro atoms.